The van der Waals surface area contributed by atoms with Crippen molar-refractivity contribution >= 4 is 34.7 Å². The molecule has 0 amide bonds. The van der Waals surface area contributed by atoms with Crippen LogP contribution in [0.2, 0.25) is 5.02 Å². The fourth-order valence-corrected chi connectivity index (χ4v) is 3.55. The highest BCUT2D eigenvalue weighted by atomic mass is 35.5. The molecule has 3 rings (SSSR count). The SMILES string of the molecule is CCOc1cc(C=NN=C(N)SCc2ccccc2)ccc1OCc1c(F)cccc1Cl. The number of benzene rings is 3. The van der Waals surface area contributed by atoms with Gasteiger partial charge in [0.2, 0.25) is 0 Å². The van der Waals surface area contributed by atoms with Crippen LogP contribution in [0.4, 0.5) is 4.39 Å². The number of thioether (sulfide) groups is 1. The molecule has 2 N–H and O–H groups in total. The minimum absolute atomic E-state index is 0.0154. The van der Waals surface area contributed by atoms with Crippen molar-refractivity contribution in [2.75, 3.05) is 6.61 Å². The predicted molar refractivity (Wildman–Crippen MR) is 130 cm³/mol. The number of ether oxygens (including phenoxy) is 2. The molecule has 5 nitrogen and oxygen atoms in total. The molecule has 0 aliphatic heterocycles. The average Bonchev–Trinajstić information content (AvgIpc) is 2.79. The van der Waals surface area contributed by atoms with Gasteiger partial charge in [-0.15, -0.1) is 5.10 Å². The van der Waals surface area contributed by atoms with E-state index in [0.717, 1.165) is 16.9 Å². The highest BCUT2D eigenvalue weighted by Gasteiger charge is 2.11. The summed E-state index contributed by atoms with van der Waals surface area (Å²) < 4.78 is 25.4. The molecule has 8 heteroatoms. The molecule has 32 heavy (non-hydrogen) atoms. The summed E-state index contributed by atoms with van der Waals surface area (Å²) in [6.45, 7) is 2.30. The van der Waals surface area contributed by atoms with E-state index >= 15 is 0 Å². The van der Waals surface area contributed by atoms with Crippen LogP contribution in [0.25, 0.3) is 0 Å². The fraction of sp³-hybridized carbons (Fsp3) is 0.167. The lowest BCUT2D eigenvalue weighted by Crippen LogP contribution is -2.06. The lowest BCUT2D eigenvalue weighted by atomic mass is 10.2. The van der Waals surface area contributed by atoms with Gasteiger partial charge in [0, 0.05) is 11.3 Å². The van der Waals surface area contributed by atoms with E-state index in [1.807, 2.05) is 37.3 Å². The van der Waals surface area contributed by atoms with Crippen LogP contribution in [0, 0.1) is 5.82 Å². The monoisotopic (exact) mass is 471 g/mol. The van der Waals surface area contributed by atoms with Gasteiger partial charge in [0.1, 0.15) is 12.4 Å². The molecular formula is C24H23ClFN3O2S. The van der Waals surface area contributed by atoms with Crippen LogP contribution in [-0.4, -0.2) is 18.0 Å². The summed E-state index contributed by atoms with van der Waals surface area (Å²) >= 11 is 7.48. The maximum atomic E-state index is 14.0. The first kappa shape index (κ1) is 23.6. The van der Waals surface area contributed by atoms with Crippen molar-refractivity contribution in [2.24, 2.45) is 15.9 Å². The maximum absolute atomic E-state index is 14.0. The Labute approximate surface area is 196 Å². The Bertz CT molecular complexity index is 1070. The Hall–Kier alpha value is -3.03. The second-order valence-corrected chi connectivity index (χ2v) is 7.99. The Kier molecular flexibility index (Phi) is 8.95. The number of halogens is 2. The van der Waals surface area contributed by atoms with E-state index in [1.165, 1.54) is 17.8 Å². The zero-order chi connectivity index (χ0) is 22.8. The molecule has 0 aromatic heterocycles. The van der Waals surface area contributed by atoms with Gasteiger partial charge in [-0.05, 0) is 48.4 Å². The molecule has 0 radical (unpaired) electrons. The molecule has 0 bridgehead atoms. The summed E-state index contributed by atoms with van der Waals surface area (Å²) in [6.07, 6.45) is 1.58. The van der Waals surface area contributed by atoms with E-state index in [2.05, 4.69) is 10.2 Å². The van der Waals surface area contributed by atoms with Crippen molar-refractivity contribution in [2.45, 2.75) is 19.3 Å². The fourth-order valence-electron chi connectivity index (χ4n) is 2.73. The van der Waals surface area contributed by atoms with Gasteiger partial charge in [-0.1, -0.05) is 59.8 Å². The van der Waals surface area contributed by atoms with Crippen molar-refractivity contribution in [3.05, 3.63) is 94.3 Å². The highest BCUT2D eigenvalue weighted by molar-refractivity contribution is 8.13. The number of nitrogens with two attached hydrogens (primary N) is 1. The lowest BCUT2D eigenvalue weighted by Gasteiger charge is -2.13. The minimum Gasteiger partial charge on any atom is -0.490 e. The molecule has 0 spiro atoms. The number of hydrogen-bond donors (Lipinski definition) is 1. The van der Waals surface area contributed by atoms with Gasteiger partial charge in [-0.2, -0.15) is 5.10 Å². The van der Waals surface area contributed by atoms with Crippen LogP contribution < -0.4 is 15.2 Å². The van der Waals surface area contributed by atoms with E-state index in [0.29, 0.717) is 33.9 Å². The van der Waals surface area contributed by atoms with Crippen LogP contribution in [0.3, 0.4) is 0 Å². The maximum Gasteiger partial charge on any atom is 0.180 e. The van der Waals surface area contributed by atoms with E-state index in [4.69, 9.17) is 26.8 Å². The quantitative estimate of drug-likeness (QED) is 0.235. The van der Waals surface area contributed by atoms with Gasteiger partial charge in [-0.25, -0.2) is 4.39 Å². The number of rotatable bonds is 9. The summed E-state index contributed by atoms with van der Waals surface area (Å²) in [5.74, 6) is 1.29. The van der Waals surface area contributed by atoms with Crippen molar-refractivity contribution in [1.29, 1.82) is 0 Å². The predicted octanol–water partition coefficient (Wildman–Crippen LogP) is 6.04. The summed E-state index contributed by atoms with van der Waals surface area (Å²) in [6, 6.07) is 19.8. The van der Waals surface area contributed by atoms with Crippen molar-refractivity contribution in [3.8, 4) is 11.5 Å². The third-order valence-electron chi connectivity index (χ3n) is 4.29. The molecule has 0 heterocycles. The minimum atomic E-state index is -0.417. The lowest BCUT2D eigenvalue weighted by molar-refractivity contribution is 0.266. The Morgan fingerprint density at radius 1 is 1.06 bits per heavy atom. The second-order valence-electron chi connectivity index (χ2n) is 6.59. The molecule has 0 unspecified atom stereocenters. The molecule has 0 saturated carbocycles. The van der Waals surface area contributed by atoms with Gasteiger partial charge < -0.3 is 15.2 Å². The first-order valence-electron chi connectivity index (χ1n) is 9.92. The third kappa shape index (κ3) is 7.00. The van der Waals surface area contributed by atoms with Gasteiger partial charge in [0.05, 0.1) is 17.8 Å². The smallest absolute Gasteiger partial charge is 0.180 e. The number of nitrogens with zero attached hydrogens (tertiary/aromatic N) is 2. The van der Waals surface area contributed by atoms with Gasteiger partial charge >= 0.3 is 0 Å². The summed E-state index contributed by atoms with van der Waals surface area (Å²) in [5.41, 5.74) is 8.13. The molecule has 0 fully saturated rings. The van der Waals surface area contributed by atoms with E-state index < -0.39 is 5.82 Å². The summed E-state index contributed by atoms with van der Waals surface area (Å²) in [4.78, 5) is 0. The largest absolute Gasteiger partial charge is 0.490 e. The highest BCUT2D eigenvalue weighted by Crippen LogP contribution is 2.30. The van der Waals surface area contributed by atoms with Crippen molar-refractivity contribution in [1.82, 2.24) is 0 Å². The molecular weight excluding hydrogens is 449 g/mol. The molecule has 3 aromatic rings. The van der Waals surface area contributed by atoms with Crippen molar-refractivity contribution in [3.63, 3.8) is 0 Å². The Balaban J connectivity index is 1.64. The van der Waals surface area contributed by atoms with Crippen LogP contribution in [0.5, 0.6) is 11.5 Å². The summed E-state index contributed by atoms with van der Waals surface area (Å²) in [7, 11) is 0. The van der Waals surface area contributed by atoms with Crippen LogP contribution in [0.15, 0.2) is 76.9 Å². The van der Waals surface area contributed by atoms with Crippen LogP contribution in [0.1, 0.15) is 23.6 Å². The normalized spacial score (nSPS) is 11.7. The average molecular weight is 472 g/mol. The summed E-state index contributed by atoms with van der Waals surface area (Å²) in [5, 5.41) is 8.77. The topological polar surface area (TPSA) is 69.2 Å². The first-order chi connectivity index (χ1) is 15.6. The standard InChI is InChI=1S/C24H23ClFN3O2S/c1-2-30-23-13-18(14-28-29-24(27)32-16-17-7-4-3-5-8-17)11-12-22(23)31-15-19-20(25)9-6-10-21(19)26/h3-14H,2,15-16H2,1H3,(H2,27,29). The van der Waals surface area contributed by atoms with Gasteiger partial charge in [-0.3, -0.25) is 0 Å². The Morgan fingerprint density at radius 3 is 2.62 bits per heavy atom. The molecule has 166 valence electrons. The third-order valence-corrected chi connectivity index (χ3v) is 5.50. The van der Waals surface area contributed by atoms with Crippen LogP contribution >= 0.6 is 23.4 Å². The van der Waals surface area contributed by atoms with Crippen molar-refractivity contribution < 1.29 is 13.9 Å². The number of hydrogen-bond acceptors (Lipinski definition) is 5. The molecule has 3 aromatic carbocycles. The van der Waals surface area contributed by atoms with Gasteiger partial charge in [0.25, 0.3) is 0 Å². The molecule has 0 atom stereocenters. The zero-order valence-corrected chi connectivity index (χ0v) is 19.1. The molecule has 0 aliphatic carbocycles. The van der Waals surface area contributed by atoms with Gasteiger partial charge in [0.15, 0.2) is 16.7 Å². The van der Waals surface area contributed by atoms with E-state index in [9.17, 15) is 4.39 Å². The molecule has 0 saturated heterocycles. The second kappa shape index (κ2) is 12.1. The number of amidine groups is 1. The molecule has 0 aliphatic rings. The van der Waals surface area contributed by atoms with E-state index in [1.54, 1.807) is 36.5 Å². The van der Waals surface area contributed by atoms with Crippen LogP contribution in [-0.2, 0) is 12.4 Å². The van der Waals surface area contributed by atoms with E-state index in [-0.39, 0.29) is 6.61 Å². The Morgan fingerprint density at radius 2 is 1.88 bits per heavy atom. The zero-order valence-electron chi connectivity index (χ0n) is 17.5. The first-order valence-corrected chi connectivity index (χ1v) is 11.3.